The third-order valence-corrected chi connectivity index (χ3v) is 4.15. The minimum absolute atomic E-state index is 0.476. The highest BCUT2D eigenvalue weighted by Crippen LogP contribution is 2.29. The van der Waals surface area contributed by atoms with E-state index in [9.17, 15) is 0 Å². The molecular formula is C14H16IN5. The normalized spacial score (nSPS) is 11.8. The van der Waals surface area contributed by atoms with E-state index in [-0.39, 0.29) is 0 Å². The number of nitrogen functional groups attached to an aromatic ring is 1. The first-order valence-corrected chi connectivity index (χ1v) is 7.63. The standard InChI is InChI=1S/C14H16IN5/c1-7(2)6-20-8(3)18-12-13(20)11-10(19-14(12)16)9(15)4-5-17-11/h4-5,7H,6H2,1-3H3,(H2,16,19). The van der Waals surface area contributed by atoms with Crippen LogP contribution in [0.25, 0.3) is 22.1 Å². The third kappa shape index (κ3) is 2.02. The fraction of sp³-hybridized carbons (Fsp3) is 0.357. The van der Waals surface area contributed by atoms with Crippen molar-refractivity contribution >= 4 is 50.5 Å². The van der Waals surface area contributed by atoms with Gasteiger partial charge in [0.25, 0.3) is 0 Å². The second kappa shape index (κ2) is 4.83. The van der Waals surface area contributed by atoms with Crippen LogP contribution in [-0.2, 0) is 6.54 Å². The minimum Gasteiger partial charge on any atom is -0.382 e. The first kappa shape index (κ1) is 13.5. The fourth-order valence-corrected chi connectivity index (χ4v) is 2.99. The summed E-state index contributed by atoms with van der Waals surface area (Å²) in [7, 11) is 0. The van der Waals surface area contributed by atoms with Gasteiger partial charge in [0.1, 0.15) is 27.9 Å². The third-order valence-electron chi connectivity index (χ3n) is 3.28. The highest BCUT2D eigenvalue weighted by atomic mass is 127. The summed E-state index contributed by atoms with van der Waals surface area (Å²) in [5.41, 5.74) is 9.57. The minimum atomic E-state index is 0.476. The Morgan fingerprint density at radius 3 is 2.70 bits per heavy atom. The first-order valence-electron chi connectivity index (χ1n) is 6.55. The maximum atomic E-state index is 6.09. The predicted molar refractivity (Wildman–Crippen MR) is 89.5 cm³/mol. The van der Waals surface area contributed by atoms with E-state index in [1.54, 1.807) is 0 Å². The summed E-state index contributed by atoms with van der Waals surface area (Å²) in [5, 5.41) is 0. The van der Waals surface area contributed by atoms with Crippen molar-refractivity contribution in [2.24, 2.45) is 5.92 Å². The molecule has 20 heavy (non-hydrogen) atoms. The van der Waals surface area contributed by atoms with Crippen LogP contribution in [0.4, 0.5) is 5.82 Å². The Morgan fingerprint density at radius 1 is 1.25 bits per heavy atom. The lowest BCUT2D eigenvalue weighted by Crippen LogP contribution is -2.07. The molecule has 5 nitrogen and oxygen atoms in total. The average Bonchev–Trinajstić information content (AvgIpc) is 2.69. The lowest BCUT2D eigenvalue weighted by Gasteiger charge is -2.11. The Bertz CT molecular complexity index is 806. The van der Waals surface area contributed by atoms with Crippen LogP contribution in [-0.4, -0.2) is 19.5 Å². The van der Waals surface area contributed by atoms with E-state index in [0.29, 0.717) is 11.7 Å². The number of hydrogen-bond acceptors (Lipinski definition) is 4. The van der Waals surface area contributed by atoms with Crippen LogP contribution in [0.5, 0.6) is 0 Å². The molecule has 0 bridgehead atoms. The van der Waals surface area contributed by atoms with Gasteiger partial charge in [0.05, 0.1) is 0 Å². The molecule has 2 N–H and O–H groups in total. The van der Waals surface area contributed by atoms with Crippen molar-refractivity contribution in [3.05, 3.63) is 21.7 Å². The van der Waals surface area contributed by atoms with E-state index in [0.717, 1.165) is 38.0 Å². The molecule has 3 rings (SSSR count). The number of imidazole rings is 1. The molecule has 0 radical (unpaired) electrons. The van der Waals surface area contributed by atoms with Gasteiger partial charge in [0.15, 0.2) is 5.82 Å². The number of aryl methyl sites for hydroxylation is 1. The summed E-state index contributed by atoms with van der Waals surface area (Å²) in [6.07, 6.45) is 1.81. The summed E-state index contributed by atoms with van der Waals surface area (Å²) in [5.74, 6) is 1.96. The Labute approximate surface area is 130 Å². The fourth-order valence-electron chi connectivity index (χ4n) is 2.46. The number of pyridine rings is 2. The maximum Gasteiger partial charge on any atom is 0.152 e. The van der Waals surface area contributed by atoms with Gasteiger partial charge in [-0.1, -0.05) is 13.8 Å². The van der Waals surface area contributed by atoms with E-state index < -0.39 is 0 Å². The number of hydrogen-bond donors (Lipinski definition) is 1. The molecule has 0 fully saturated rings. The molecule has 0 aromatic carbocycles. The monoisotopic (exact) mass is 381 g/mol. The molecule has 0 spiro atoms. The van der Waals surface area contributed by atoms with E-state index in [1.165, 1.54) is 0 Å². The van der Waals surface area contributed by atoms with Gasteiger partial charge in [0.2, 0.25) is 0 Å². The summed E-state index contributed by atoms with van der Waals surface area (Å²) in [6, 6.07) is 1.94. The van der Waals surface area contributed by atoms with Crippen LogP contribution in [0, 0.1) is 16.4 Å². The molecule has 104 valence electrons. The van der Waals surface area contributed by atoms with E-state index >= 15 is 0 Å². The molecule has 3 aromatic heterocycles. The zero-order valence-corrected chi connectivity index (χ0v) is 13.8. The highest BCUT2D eigenvalue weighted by Gasteiger charge is 2.17. The van der Waals surface area contributed by atoms with Crippen LogP contribution in [0.15, 0.2) is 12.3 Å². The van der Waals surface area contributed by atoms with E-state index in [2.05, 4.69) is 56.0 Å². The van der Waals surface area contributed by atoms with Crippen LogP contribution >= 0.6 is 22.6 Å². The number of rotatable bonds is 2. The quantitative estimate of drug-likeness (QED) is 0.693. The molecule has 3 heterocycles. The Morgan fingerprint density at radius 2 is 2.00 bits per heavy atom. The molecule has 0 aliphatic rings. The molecule has 0 saturated carbocycles. The lowest BCUT2D eigenvalue weighted by molar-refractivity contribution is 0.524. The van der Waals surface area contributed by atoms with E-state index in [1.807, 2.05) is 19.2 Å². The van der Waals surface area contributed by atoms with E-state index in [4.69, 9.17) is 5.73 Å². The summed E-state index contributed by atoms with van der Waals surface area (Å²) in [6.45, 7) is 7.28. The number of halogens is 1. The SMILES string of the molecule is Cc1nc2c(N)nc3c(I)ccnc3c2n1CC(C)C. The number of nitrogens with zero attached hydrogens (tertiary/aromatic N) is 4. The van der Waals surface area contributed by atoms with Crippen molar-refractivity contribution in [1.82, 2.24) is 19.5 Å². The van der Waals surface area contributed by atoms with Gasteiger partial charge in [-0.25, -0.2) is 9.97 Å². The van der Waals surface area contributed by atoms with Gasteiger partial charge in [-0.2, -0.15) is 0 Å². The van der Waals surface area contributed by atoms with Gasteiger partial charge in [-0.3, -0.25) is 4.98 Å². The van der Waals surface area contributed by atoms with Gasteiger partial charge >= 0.3 is 0 Å². The molecule has 6 heteroatoms. The molecule has 0 amide bonds. The van der Waals surface area contributed by atoms with Gasteiger partial charge in [-0.05, 0) is 41.5 Å². The van der Waals surface area contributed by atoms with Crippen molar-refractivity contribution in [2.75, 3.05) is 5.73 Å². The first-order chi connectivity index (χ1) is 9.49. The summed E-state index contributed by atoms with van der Waals surface area (Å²) >= 11 is 2.26. The predicted octanol–water partition coefficient (Wildman–Crippen LogP) is 3.13. The Hall–Kier alpha value is -1.44. The molecular weight excluding hydrogens is 365 g/mol. The molecule has 0 unspecified atom stereocenters. The van der Waals surface area contributed by atoms with Crippen LogP contribution in [0.3, 0.4) is 0 Å². The maximum absolute atomic E-state index is 6.09. The lowest BCUT2D eigenvalue weighted by atomic mass is 10.2. The zero-order valence-electron chi connectivity index (χ0n) is 11.7. The van der Waals surface area contributed by atoms with Crippen LogP contribution < -0.4 is 5.73 Å². The molecule has 3 aromatic rings. The van der Waals surface area contributed by atoms with Gasteiger partial charge in [-0.15, -0.1) is 0 Å². The van der Waals surface area contributed by atoms with Crippen molar-refractivity contribution < 1.29 is 0 Å². The Balaban J connectivity index is 2.48. The number of nitrogens with two attached hydrogens (primary N) is 1. The topological polar surface area (TPSA) is 69.6 Å². The second-order valence-electron chi connectivity index (χ2n) is 5.35. The number of fused-ring (bicyclic) bond motifs is 3. The number of anilines is 1. The summed E-state index contributed by atoms with van der Waals surface area (Å²) in [4.78, 5) is 13.6. The second-order valence-corrected chi connectivity index (χ2v) is 6.51. The van der Waals surface area contributed by atoms with Crippen LogP contribution in [0.2, 0.25) is 0 Å². The van der Waals surface area contributed by atoms with Crippen molar-refractivity contribution in [1.29, 1.82) is 0 Å². The number of aromatic nitrogens is 4. The van der Waals surface area contributed by atoms with Crippen molar-refractivity contribution in [3.8, 4) is 0 Å². The highest BCUT2D eigenvalue weighted by molar-refractivity contribution is 14.1. The molecule has 0 saturated heterocycles. The molecule has 0 atom stereocenters. The van der Waals surface area contributed by atoms with Gasteiger partial charge < -0.3 is 10.3 Å². The largest absolute Gasteiger partial charge is 0.382 e. The Kier molecular flexibility index (Phi) is 3.27. The van der Waals surface area contributed by atoms with Gasteiger partial charge in [0, 0.05) is 16.3 Å². The van der Waals surface area contributed by atoms with Crippen LogP contribution in [0.1, 0.15) is 19.7 Å². The average molecular weight is 381 g/mol. The molecule has 0 aliphatic carbocycles. The molecule has 0 aliphatic heterocycles. The smallest absolute Gasteiger partial charge is 0.152 e. The van der Waals surface area contributed by atoms with Crippen molar-refractivity contribution in [2.45, 2.75) is 27.3 Å². The summed E-state index contributed by atoms with van der Waals surface area (Å²) < 4.78 is 3.25. The van der Waals surface area contributed by atoms with Crippen molar-refractivity contribution in [3.63, 3.8) is 0 Å². The zero-order chi connectivity index (χ0) is 14.4.